The van der Waals surface area contributed by atoms with Gasteiger partial charge in [0.1, 0.15) is 0 Å². The lowest BCUT2D eigenvalue weighted by molar-refractivity contribution is 0.104. The summed E-state index contributed by atoms with van der Waals surface area (Å²) < 4.78 is 0. The highest BCUT2D eigenvalue weighted by Gasteiger charge is 2.00. The minimum atomic E-state index is -0.0226. The van der Waals surface area contributed by atoms with Gasteiger partial charge in [0.2, 0.25) is 0 Å². The Hall–Kier alpha value is -1.51. The molecular formula is C16H13ClOS. The molecule has 0 radical (unpaired) electrons. The van der Waals surface area contributed by atoms with E-state index >= 15 is 0 Å². The van der Waals surface area contributed by atoms with Crippen LogP contribution in [0.5, 0.6) is 0 Å². The molecule has 0 saturated carbocycles. The molecule has 0 saturated heterocycles. The number of thioether (sulfide) groups is 1. The number of hydrogen-bond acceptors (Lipinski definition) is 2. The van der Waals surface area contributed by atoms with Gasteiger partial charge in [-0.2, -0.15) is 0 Å². The first-order valence-corrected chi connectivity index (χ1v) is 7.41. The molecule has 2 aromatic rings. The summed E-state index contributed by atoms with van der Waals surface area (Å²) in [6.45, 7) is 0. The van der Waals surface area contributed by atoms with Crippen LogP contribution in [0.2, 0.25) is 5.02 Å². The van der Waals surface area contributed by atoms with Crippen molar-refractivity contribution in [3.05, 3.63) is 70.8 Å². The van der Waals surface area contributed by atoms with Gasteiger partial charge < -0.3 is 0 Å². The maximum absolute atomic E-state index is 11.9. The van der Waals surface area contributed by atoms with E-state index in [2.05, 4.69) is 0 Å². The van der Waals surface area contributed by atoms with Gasteiger partial charge in [-0.15, -0.1) is 11.8 Å². The van der Waals surface area contributed by atoms with E-state index in [0.29, 0.717) is 10.6 Å². The van der Waals surface area contributed by atoms with Crippen LogP contribution in [0.15, 0.2) is 59.5 Å². The Kier molecular flexibility index (Phi) is 4.83. The predicted octanol–water partition coefficient (Wildman–Crippen LogP) is 4.96. The lowest BCUT2D eigenvalue weighted by Gasteiger charge is -1.98. The Morgan fingerprint density at radius 3 is 2.26 bits per heavy atom. The van der Waals surface area contributed by atoms with Crippen LogP contribution in [-0.2, 0) is 0 Å². The van der Waals surface area contributed by atoms with Crippen molar-refractivity contribution in [3.63, 3.8) is 0 Å². The van der Waals surface area contributed by atoms with E-state index in [1.54, 1.807) is 42.1 Å². The molecule has 0 fully saturated rings. The second-order valence-electron chi connectivity index (χ2n) is 3.98. The van der Waals surface area contributed by atoms with E-state index in [9.17, 15) is 4.79 Å². The van der Waals surface area contributed by atoms with Crippen LogP contribution in [0.25, 0.3) is 6.08 Å². The summed E-state index contributed by atoms with van der Waals surface area (Å²) in [5.74, 6) is -0.0226. The Morgan fingerprint density at radius 2 is 1.68 bits per heavy atom. The number of hydrogen-bond donors (Lipinski definition) is 0. The van der Waals surface area contributed by atoms with Gasteiger partial charge in [0.05, 0.1) is 0 Å². The van der Waals surface area contributed by atoms with Crippen LogP contribution in [0.3, 0.4) is 0 Å². The Bertz CT molecular complexity index is 585. The van der Waals surface area contributed by atoms with Gasteiger partial charge in [0, 0.05) is 15.5 Å². The van der Waals surface area contributed by atoms with E-state index in [-0.39, 0.29) is 5.78 Å². The van der Waals surface area contributed by atoms with Crippen LogP contribution in [0.1, 0.15) is 15.9 Å². The van der Waals surface area contributed by atoms with E-state index in [1.165, 1.54) is 4.90 Å². The predicted molar refractivity (Wildman–Crippen MR) is 83.0 cm³/mol. The average molecular weight is 289 g/mol. The van der Waals surface area contributed by atoms with Crippen molar-refractivity contribution in [2.24, 2.45) is 0 Å². The summed E-state index contributed by atoms with van der Waals surface area (Å²) in [5.41, 5.74) is 1.65. The van der Waals surface area contributed by atoms with Crippen molar-refractivity contribution in [2.45, 2.75) is 4.90 Å². The smallest absolute Gasteiger partial charge is 0.185 e. The molecule has 0 bridgehead atoms. The standard InChI is InChI=1S/C16H13ClOS/c1-19-15-9-2-12(3-10-15)4-11-16(18)13-5-7-14(17)8-6-13/h2-11H,1H3/b11-4+. The highest BCUT2D eigenvalue weighted by molar-refractivity contribution is 7.98. The van der Waals surface area contributed by atoms with Gasteiger partial charge in [-0.05, 0) is 54.3 Å². The molecule has 0 aliphatic rings. The van der Waals surface area contributed by atoms with Crippen LogP contribution in [0.4, 0.5) is 0 Å². The molecule has 0 aromatic heterocycles. The molecule has 2 aromatic carbocycles. The molecule has 0 aliphatic carbocycles. The second-order valence-corrected chi connectivity index (χ2v) is 5.29. The van der Waals surface area contributed by atoms with E-state index in [1.807, 2.05) is 36.6 Å². The third-order valence-corrected chi connectivity index (χ3v) is 3.67. The molecule has 96 valence electrons. The van der Waals surface area contributed by atoms with Crippen molar-refractivity contribution in [1.82, 2.24) is 0 Å². The third-order valence-electron chi connectivity index (χ3n) is 2.67. The molecule has 1 nitrogen and oxygen atoms in total. The zero-order chi connectivity index (χ0) is 13.7. The van der Waals surface area contributed by atoms with E-state index in [4.69, 9.17) is 11.6 Å². The van der Waals surface area contributed by atoms with Crippen LogP contribution >= 0.6 is 23.4 Å². The van der Waals surface area contributed by atoms with Crippen molar-refractivity contribution in [2.75, 3.05) is 6.26 Å². The topological polar surface area (TPSA) is 17.1 Å². The van der Waals surface area contributed by atoms with Crippen LogP contribution in [-0.4, -0.2) is 12.0 Å². The molecular weight excluding hydrogens is 276 g/mol. The third kappa shape index (κ3) is 3.98. The SMILES string of the molecule is CSc1ccc(/C=C/C(=O)c2ccc(Cl)cc2)cc1. The maximum Gasteiger partial charge on any atom is 0.185 e. The molecule has 0 aliphatic heterocycles. The van der Waals surface area contributed by atoms with Gasteiger partial charge >= 0.3 is 0 Å². The summed E-state index contributed by atoms with van der Waals surface area (Å²) in [6.07, 6.45) is 5.44. The fourth-order valence-corrected chi connectivity index (χ4v) is 2.13. The van der Waals surface area contributed by atoms with Gasteiger partial charge in [0.15, 0.2) is 5.78 Å². The van der Waals surface area contributed by atoms with Gasteiger partial charge in [0.25, 0.3) is 0 Å². The average Bonchev–Trinajstić information content (AvgIpc) is 2.46. The summed E-state index contributed by atoms with van der Waals surface area (Å²) in [4.78, 5) is 13.1. The number of rotatable bonds is 4. The number of benzene rings is 2. The summed E-state index contributed by atoms with van der Waals surface area (Å²) in [6, 6.07) is 15.0. The Labute approximate surface area is 122 Å². The first-order chi connectivity index (χ1) is 9.19. The summed E-state index contributed by atoms with van der Waals surface area (Å²) in [7, 11) is 0. The minimum absolute atomic E-state index is 0.0226. The molecule has 0 N–H and O–H groups in total. The van der Waals surface area contributed by atoms with Crippen molar-refractivity contribution in [1.29, 1.82) is 0 Å². The Balaban J connectivity index is 2.08. The summed E-state index contributed by atoms with van der Waals surface area (Å²) in [5, 5.41) is 0.633. The number of ketones is 1. The monoisotopic (exact) mass is 288 g/mol. The number of halogens is 1. The second kappa shape index (κ2) is 6.60. The molecule has 0 amide bonds. The van der Waals surface area contributed by atoms with Crippen LogP contribution in [0, 0.1) is 0 Å². The molecule has 0 heterocycles. The quantitative estimate of drug-likeness (QED) is 0.449. The molecule has 0 unspecified atom stereocenters. The zero-order valence-corrected chi connectivity index (χ0v) is 12.0. The van der Waals surface area contributed by atoms with Crippen molar-refractivity contribution in [3.8, 4) is 0 Å². The summed E-state index contributed by atoms with van der Waals surface area (Å²) >= 11 is 7.48. The number of allylic oxidation sites excluding steroid dienone is 1. The molecule has 0 atom stereocenters. The lowest BCUT2D eigenvalue weighted by atomic mass is 10.1. The molecule has 19 heavy (non-hydrogen) atoms. The van der Waals surface area contributed by atoms with Crippen molar-refractivity contribution >= 4 is 35.2 Å². The van der Waals surface area contributed by atoms with Gasteiger partial charge in [-0.1, -0.05) is 29.8 Å². The van der Waals surface area contributed by atoms with Crippen molar-refractivity contribution < 1.29 is 4.79 Å². The number of carbonyl (C=O) groups is 1. The molecule has 3 heteroatoms. The molecule has 0 spiro atoms. The zero-order valence-electron chi connectivity index (χ0n) is 10.5. The maximum atomic E-state index is 11.9. The largest absolute Gasteiger partial charge is 0.289 e. The minimum Gasteiger partial charge on any atom is -0.289 e. The van der Waals surface area contributed by atoms with Crippen LogP contribution < -0.4 is 0 Å². The highest BCUT2D eigenvalue weighted by atomic mass is 35.5. The normalized spacial score (nSPS) is 10.8. The lowest BCUT2D eigenvalue weighted by Crippen LogP contribution is -1.92. The first kappa shape index (κ1) is 13.9. The molecule has 2 rings (SSSR count). The number of carbonyl (C=O) groups excluding carboxylic acids is 1. The highest BCUT2D eigenvalue weighted by Crippen LogP contribution is 2.16. The van der Waals surface area contributed by atoms with Gasteiger partial charge in [-0.3, -0.25) is 4.79 Å². The Morgan fingerprint density at radius 1 is 1.05 bits per heavy atom. The van der Waals surface area contributed by atoms with E-state index < -0.39 is 0 Å². The fourth-order valence-electron chi connectivity index (χ4n) is 1.60. The first-order valence-electron chi connectivity index (χ1n) is 5.81. The van der Waals surface area contributed by atoms with E-state index in [0.717, 1.165) is 5.56 Å². The van der Waals surface area contributed by atoms with Gasteiger partial charge in [-0.25, -0.2) is 0 Å². The fraction of sp³-hybridized carbons (Fsp3) is 0.0625.